The van der Waals surface area contributed by atoms with E-state index in [2.05, 4.69) is 29.5 Å². The molecule has 4 heteroatoms. The Hall–Kier alpha value is -1.58. The molecule has 3 nitrogen and oxygen atoms in total. The van der Waals surface area contributed by atoms with Crippen LogP contribution in [0.1, 0.15) is 26.3 Å². The molecule has 19 heavy (non-hydrogen) atoms. The van der Waals surface area contributed by atoms with Gasteiger partial charge in [-0.2, -0.15) is 0 Å². The normalized spacial score (nSPS) is 11.7. The highest BCUT2D eigenvalue weighted by atomic mass is 19.1. The first-order valence-electron chi connectivity index (χ1n) is 6.88. The highest BCUT2D eigenvalue weighted by molar-refractivity contribution is 5.79. The third kappa shape index (κ3) is 6.79. The number of halogens is 1. The predicted octanol–water partition coefficient (Wildman–Crippen LogP) is 2.58. The van der Waals surface area contributed by atoms with Crippen molar-refractivity contribution in [1.82, 2.24) is 10.6 Å². The molecule has 0 aliphatic carbocycles. The summed E-state index contributed by atoms with van der Waals surface area (Å²) in [5, 5.41) is 6.50. The summed E-state index contributed by atoms with van der Waals surface area (Å²) in [4.78, 5) is 4.49. The van der Waals surface area contributed by atoms with E-state index in [-0.39, 0.29) is 5.82 Å². The number of rotatable bonds is 6. The molecule has 1 aromatic rings. The van der Waals surface area contributed by atoms with Gasteiger partial charge in [0.25, 0.3) is 0 Å². The van der Waals surface area contributed by atoms with Gasteiger partial charge in [0.05, 0.1) is 0 Å². The van der Waals surface area contributed by atoms with Gasteiger partial charge in [0.15, 0.2) is 5.96 Å². The molecule has 0 heterocycles. The maximum Gasteiger partial charge on any atom is 0.191 e. The van der Waals surface area contributed by atoms with Gasteiger partial charge < -0.3 is 10.6 Å². The van der Waals surface area contributed by atoms with Crippen molar-refractivity contribution >= 4 is 5.96 Å². The summed E-state index contributed by atoms with van der Waals surface area (Å²) in [7, 11) is 0. The minimum atomic E-state index is -0.191. The van der Waals surface area contributed by atoms with Crippen molar-refractivity contribution in [3.05, 3.63) is 35.6 Å². The molecule has 0 unspecified atom stereocenters. The van der Waals surface area contributed by atoms with Gasteiger partial charge in [0.2, 0.25) is 0 Å². The topological polar surface area (TPSA) is 36.4 Å². The van der Waals surface area contributed by atoms with Gasteiger partial charge in [0.1, 0.15) is 5.82 Å². The fourth-order valence-corrected chi connectivity index (χ4v) is 1.59. The maximum atomic E-state index is 12.8. The maximum absolute atomic E-state index is 12.8. The van der Waals surface area contributed by atoms with Gasteiger partial charge in [-0.25, -0.2) is 4.39 Å². The number of nitrogens with one attached hydrogen (secondary N) is 2. The van der Waals surface area contributed by atoms with Gasteiger partial charge in [-0.05, 0) is 37.0 Å². The first-order chi connectivity index (χ1) is 9.11. The molecule has 0 spiro atoms. The van der Waals surface area contributed by atoms with E-state index in [0.717, 1.165) is 37.6 Å². The van der Waals surface area contributed by atoms with Crippen LogP contribution in [0.15, 0.2) is 29.3 Å². The van der Waals surface area contributed by atoms with E-state index in [1.165, 1.54) is 12.1 Å². The van der Waals surface area contributed by atoms with Crippen LogP contribution in [0, 0.1) is 11.7 Å². The fraction of sp³-hybridized carbons (Fsp3) is 0.533. The zero-order valence-electron chi connectivity index (χ0n) is 12.0. The standard InChI is InChI=1S/C15H24FN3/c1-4-17-15(19-11-12(2)3)18-10-9-13-5-7-14(16)8-6-13/h5-8,12H,4,9-11H2,1-3H3,(H2,17,18,19). The third-order valence-electron chi connectivity index (χ3n) is 2.58. The molecule has 0 aliphatic rings. The van der Waals surface area contributed by atoms with Crippen LogP contribution in [-0.2, 0) is 6.42 Å². The van der Waals surface area contributed by atoms with Crippen molar-refractivity contribution < 1.29 is 4.39 Å². The Kier molecular flexibility index (Phi) is 6.93. The van der Waals surface area contributed by atoms with Crippen molar-refractivity contribution in [3.8, 4) is 0 Å². The predicted molar refractivity (Wildman–Crippen MR) is 78.9 cm³/mol. The number of hydrogen-bond acceptors (Lipinski definition) is 1. The lowest BCUT2D eigenvalue weighted by molar-refractivity contribution is 0.626. The van der Waals surface area contributed by atoms with Crippen LogP contribution >= 0.6 is 0 Å². The summed E-state index contributed by atoms with van der Waals surface area (Å²) < 4.78 is 12.8. The molecule has 0 bridgehead atoms. The van der Waals surface area contributed by atoms with Crippen molar-refractivity contribution in [2.24, 2.45) is 10.9 Å². The lowest BCUT2D eigenvalue weighted by Gasteiger charge is -2.12. The van der Waals surface area contributed by atoms with Gasteiger partial charge in [-0.15, -0.1) is 0 Å². The zero-order valence-corrected chi connectivity index (χ0v) is 12.0. The Balaban J connectivity index is 2.39. The molecule has 2 N–H and O–H groups in total. The summed E-state index contributed by atoms with van der Waals surface area (Å²) in [6, 6.07) is 6.62. The minimum absolute atomic E-state index is 0.191. The minimum Gasteiger partial charge on any atom is -0.357 e. The highest BCUT2D eigenvalue weighted by Gasteiger charge is 1.99. The summed E-state index contributed by atoms with van der Waals surface area (Å²) in [6.45, 7) is 8.78. The molecule has 1 rings (SSSR count). The molecule has 0 fully saturated rings. The van der Waals surface area contributed by atoms with Crippen LogP contribution < -0.4 is 10.6 Å². The molecule has 106 valence electrons. The number of aliphatic imine (C=N–C) groups is 1. The van der Waals surface area contributed by atoms with E-state index >= 15 is 0 Å². The molecule has 0 aromatic heterocycles. The smallest absolute Gasteiger partial charge is 0.191 e. The number of hydrogen-bond donors (Lipinski definition) is 2. The largest absolute Gasteiger partial charge is 0.357 e. The summed E-state index contributed by atoms with van der Waals surface area (Å²) in [6.07, 6.45) is 0.854. The van der Waals surface area contributed by atoms with Gasteiger partial charge in [-0.3, -0.25) is 4.99 Å². The summed E-state index contributed by atoms with van der Waals surface area (Å²) >= 11 is 0. The second-order valence-electron chi connectivity index (χ2n) is 4.92. The summed E-state index contributed by atoms with van der Waals surface area (Å²) in [5.41, 5.74) is 1.12. The molecule has 0 radical (unpaired) electrons. The van der Waals surface area contributed by atoms with E-state index in [1.54, 1.807) is 0 Å². The fourth-order valence-electron chi connectivity index (χ4n) is 1.59. The van der Waals surface area contributed by atoms with E-state index in [4.69, 9.17) is 0 Å². The lowest BCUT2D eigenvalue weighted by Crippen LogP contribution is -2.38. The van der Waals surface area contributed by atoms with Gasteiger partial charge in [0, 0.05) is 19.6 Å². The van der Waals surface area contributed by atoms with Crippen LogP contribution in [0.3, 0.4) is 0 Å². The first kappa shape index (κ1) is 15.5. The number of nitrogens with zero attached hydrogens (tertiary/aromatic N) is 1. The Labute approximate surface area is 115 Å². The van der Waals surface area contributed by atoms with Gasteiger partial charge in [-0.1, -0.05) is 26.0 Å². The van der Waals surface area contributed by atoms with Crippen molar-refractivity contribution in [1.29, 1.82) is 0 Å². The first-order valence-corrected chi connectivity index (χ1v) is 6.88. The molecular formula is C15H24FN3. The average Bonchev–Trinajstić information content (AvgIpc) is 2.38. The summed E-state index contributed by atoms with van der Waals surface area (Å²) in [5.74, 6) is 1.20. The zero-order chi connectivity index (χ0) is 14.1. The molecular weight excluding hydrogens is 241 g/mol. The third-order valence-corrected chi connectivity index (χ3v) is 2.58. The van der Waals surface area contributed by atoms with E-state index in [1.807, 2.05) is 19.1 Å². The number of guanidine groups is 1. The second kappa shape index (κ2) is 8.51. The Morgan fingerprint density at radius 3 is 2.47 bits per heavy atom. The lowest BCUT2D eigenvalue weighted by atomic mass is 10.1. The van der Waals surface area contributed by atoms with Crippen LogP contribution in [0.5, 0.6) is 0 Å². The van der Waals surface area contributed by atoms with Crippen LogP contribution in [0.2, 0.25) is 0 Å². The highest BCUT2D eigenvalue weighted by Crippen LogP contribution is 2.02. The Bertz CT molecular complexity index is 385. The number of benzene rings is 1. The van der Waals surface area contributed by atoms with E-state index < -0.39 is 0 Å². The van der Waals surface area contributed by atoms with Gasteiger partial charge >= 0.3 is 0 Å². The van der Waals surface area contributed by atoms with E-state index in [9.17, 15) is 4.39 Å². The monoisotopic (exact) mass is 265 g/mol. The van der Waals surface area contributed by atoms with Crippen molar-refractivity contribution in [3.63, 3.8) is 0 Å². The molecule has 0 saturated heterocycles. The quantitative estimate of drug-likeness (QED) is 0.612. The second-order valence-corrected chi connectivity index (χ2v) is 4.92. The molecule has 0 saturated carbocycles. The average molecular weight is 265 g/mol. The molecule has 1 aromatic carbocycles. The van der Waals surface area contributed by atoms with Crippen LogP contribution in [0.25, 0.3) is 0 Å². The van der Waals surface area contributed by atoms with Crippen molar-refractivity contribution in [2.45, 2.75) is 27.2 Å². The Morgan fingerprint density at radius 1 is 1.21 bits per heavy atom. The van der Waals surface area contributed by atoms with Crippen LogP contribution in [-0.4, -0.2) is 25.6 Å². The molecule has 0 atom stereocenters. The molecule has 0 amide bonds. The Morgan fingerprint density at radius 2 is 1.89 bits per heavy atom. The van der Waals surface area contributed by atoms with Crippen LogP contribution in [0.4, 0.5) is 4.39 Å². The SMILES string of the molecule is CCNC(=NCC(C)C)NCCc1ccc(F)cc1. The molecule has 0 aliphatic heterocycles. The van der Waals surface area contributed by atoms with E-state index in [0.29, 0.717) is 5.92 Å². The van der Waals surface area contributed by atoms with Crippen molar-refractivity contribution in [2.75, 3.05) is 19.6 Å².